The number of carbonyl (C=O) groups is 1. The Labute approximate surface area is 125 Å². The average molecular weight is 302 g/mol. The molecule has 0 saturated heterocycles. The molecule has 0 spiro atoms. The van der Waals surface area contributed by atoms with E-state index in [0.717, 1.165) is 20.9 Å². The second-order valence-corrected chi connectivity index (χ2v) is 6.20. The summed E-state index contributed by atoms with van der Waals surface area (Å²) in [5, 5.41) is 8.67. The van der Waals surface area contributed by atoms with E-state index in [1.165, 1.54) is 0 Å². The van der Waals surface area contributed by atoms with Crippen LogP contribution < -0.4 is 4.74 Å². The summed E-state index contributed by atoms with van der Waals surface area (Å²) in [5.41, 5.74) is 1.91. The van der Waals surface area contributed by atoms with E-state index < -0.39 is 17.1 Å². The van der Waals surface area contributed by atoms with Crippen molar-refractivity contribution in [1.29, 1.82) is 0 Å². The van der Waals surface area contributed by atoms with Crippen molar-refractivity contribution in [2.75, 3.05) is 6.61 Å². The summed E-state index contributed by atoms with van der Waals surface area (Å²) < 4.78 is 18.2. The zero-order valence-corrected chi connectivity index (χ0v) is 12.1. The highest BCUT2D eigenvalue weighted by molar-refractivity contribution is 7.91. The van der Waals surface area contributed by atoms with Gasteiger partial charge in [-0.15, -0.1) is 0 Å². The highest BCUT2D eigenvalue weighted by atomic mass is 32.2. The molecule has 0 bridgehead atoms. The fraction of sp³-hybridized carbons (Fsp3) is 0.188. The summed E-state index contributed by atoms with van der Waals surface area (Å²) in [5.74, 6) is -0.273. The van der Waals surface area contributed by atoms with Gasteiger partial charge in [0, 0.05) is 23.2 Å². The Hall–Kier alpha value is -1.98. The van der Waals surface area contributed by atoms with E-state index in [4.69, 9.17) is 9.84 Å². The largest absolute Gasteiger partial charge is 0.606 e. The first-order chi connectivity index (χ1) is 10.2. The number of carboxylic acid groups (broad SMARTS) is 1. The standard InChI is InChI=1S/C16H14O4S/c17-16(18)8-9-20-13-5-3-7-15-12(13)10-11-4-1-2-6-14(11)21(15)19/h1-7H,8-10H2,(H,17,18). The molecule has 0 fully saturated rings. The molecule has 1 aliphatic heterocycles. The minimum absolute atomic E-state index is 0.0522. The molecule has 5 heteroatoms. The molecule has 0 amide bonds. The SMILES string of the molecule is O=C(O)CCOc1cccc2c1Cc1ccccc1[S+]2[O-]. The van der Waals surface area contributed by atoms with Crippen LogP contribution in [0.5, 0.6) is 5.75 Å². The van der Waals surface area contributed by atoms with Gasteiger partial charge in [-0.1, -0.05) is 24.3 Å². The zero-order chi connectivity index (χ0) is 14.8. The van der Waals surface area contributed by atoms with Gasteiger partial charge in [0.25, 0.3) is 0 Å². The number of fused-ring (bicyclic) bond motifs is 2. The first-order valence-corrected chi connectivity index (χ1v) is 7.78. The van der Waals surface area contributed by atoms with E-state index in [-0.39, 0.29) is 13.0 Å². The van der Waals surface area contributed by atoms with Crippen molar-refractivity contribution >= 4 is 17.1 Å². The molecule has 4 nitrogen and oxygen atoms in total. The lowest BCUT2D eigenvalue weighted by molar-refractivity contribution is -0.137. The molecule has 1 unspecified atom stereocenters. The lowest BCUT2D eigenvalue weighted by atomic mass is 10.0. The number of hydrogen-bond donors (Lipinski definition) is 1. The van der Waals surface area contributed by atoms with Crippen molar-refractivity contribution in [3.05, 3.63) is 53.6 Å². The number of hydrogen-bond acceptors (Lipinski definition) is 3. The van der Waals surface area contributed by atoms with Gasteiger partial charge in [-0.3, -0.25) is 4.79 Å². The van der Waals surface area contributed by atoms with Gasteiger partial charge in [-0.05, 0) is 18.2 Å². The van der Waals surface area contributed by atoms with Gasteiger partial charge < -0.3 is 14.4 Å². The number of carboxylic acids is 1. The molecule has 0 saturated carbocycles. The molecular formula is C16H14O4S. The van der Waals surface area contributed by atoms with Gasteiger partial charge in [0.05, 0.1) is 18.6 Å². The van der Waals surface area contributed by atoms with Crippen molar-refractivity contribution in [3.8, 4) is 5.75 Å². The highest BCUT2D eigenvalue weighted by Gasteiger charge is 2.30. The van der Waals surface area contributed by atoms with Crippen molar-refractivity contribution in [1.82, 2.24) is 0 Å². The van der Waals surface area contributed by atoms with Gasteiger partial charge in [0.1, 0.15) is 5.75 Å². The van der Waals surface area contributed by atoms with Crippen LogP contribution in [0.1, 0.15) is 17.5 Å². The van der Waals surface area contributed by atoms with Crippen LogP contribution in [0.25, 0.3) is 0 Å². The molecule has 1 aliphatic rings. The van der Waals surface area contributed by atoms with Crippen molar-refractivity contribution in [2.45, 2.75) is 22.6 Å². The number of aliphatic carboxylic acids is 1. The van der Waals surface area contributed by atoms with Crippen LogP contribution in [0.4, 0.5) is 0 Å². The molecule has 1 atom stereocenters. The van der Waals surface area contributed by atoms with E-state index in [9.17, 15) is 9.35 Å². The van der Waals surface area contributed by atoms with E-state index >= 15 is 0 Å². The van der Waals surface area contributed by atoms with E-state index in [1.54, 1.807) is 12.1 Å². The smallest absolute Gasteiger partial charge is 0.306 e. The summed E-state index contributed by atoms with van der Waals surface area (Å²) in [7, 11) is 0. The molecule has 108 valence electrons. The molecule has 0 aromatic heterocycles. The lowest BCUT2D eigenvalue weighted by Gasteiger charge is -2.23. The molecule has 2 aromatic rings. The van der Waals surface area contributed by atoms with E-state index in [0.29, 0.717) is 12.2 Å². The van der Waals surface area contributed by atoms with Crippen LogP contribution in [-0.2, 0) is 22.4 Å². The van der Waals surface area contributed by atoms with Gasteiger partial charge in [0.2, 0.25) is 0 Å². The minimum atomic E-state index is -1.21. The number of rotatable bonds is 4. The molecule has 2 aromatic carbocycles. The Morgan fingerprint density at radius 1 is 1.19 bits per heavy atom. The summed E-state index contributed by atoms with van der Waals surface area (Å²) in [6.07, 6.45) is 0.601. The minimum Gasteiger partial charge on any atom is -0.606 e. The Bertz CT molecular complexity index is 684. The zero-order valence-electron chi connectivity index (χ0n) is 11.2. The molecule has 0 aliphatic carbocycles. The number of ether oxygens (including phenoxy) is 1. The van der Waals surface area contributed by atoms with Gasteiger partial charge in [-0.25, -0.2) is 0 Å². The van der Waals surface area contributed by atoms with E-state index in [1.807, 2.05) is 30.3 Å². The highest BCUT2D eigenvalue weighted by Crippen LogP contribution is 2.38. The fourth-order valence-electron chi connectivity index (χ4n) is 2.42. The van der Waals surface area contributed by atoms with Crippen LogP contribution in [0, 0.1) is 0 Å². The van der Waals surface area contributed by atoms with Crippen molar-refractivity contribution in [3.63, 3.8) is 0 Å². The third kappa shape index (κ3) is 2.75. The van der Waals surface area contributed by atoms with Crippen LogP contribution in [-0.4, -0.2) is 22.2 Å². The number of benzene rings is 2. The average Bonchev–Trinajstić information content (AvgIpc) is 2.48. The summed E-state index contributed by atoms with van der Waals surface area (Å²) in [6, 6.07) is 13.1. The third-order valence-electron chi connectivity index (χ3n) is 3.40. The maximum absolute atomic E-state index is 12.6. The topological polar surface area (TPSA) is 69.6 Å². The summed E-state index contributed by atoms with van der Waals surface area (Å²) in [6.45, 7) is 0.111. The first kappa shape index (κ1) is 14.0. The van der Waals surface area contributed by atoms with Gasteiger partial charge in [-0.2, -0.15) is 0 Å². The first-order valence-electron chi connectivity index (χ1n) is 6.63. The predicted octanol–water partition coefficient (Wildman–Crippen LogP) is 2.61. The second-order valence-electron chi connectivity index (χ2n) is 4.78. The van der Waals surface area contributed by atoms with Gasteiger partial charge in [0.15, 0.2) is 9.79 Å². The van der Waals surface area contributed by atoms with Gasteiger partial charge >= 0.3 is 5.97 Å². The molecule has 1 heterocycles. The van der Waals surface area contributed by atoms with E-state index in [2.05, 4.69) is 0 Å². The normalized spacial score (nSPS) is 16.0. The second kappa shape index (κ2) is 5.79. The Morgan fingerprint density at radius 3 is 2.76 bits per heavy atom. The maximum atomic E-state index is 12.6. The molecule has 3 rings (SSSR count). The summed E-state index contributed by atoms with van der Waals surface area (Å²) >= 11 is -1.21. The molecule has 0 radical (unpaired) electrons. The lowest BCUT2D eigenvalue weighted by Crippen LogP contribution is -2.16. The van der Waals surface area contributed by atoms with Crippen LogP contribution in [0.15, 0.2) is 52.3 Å². The molecule has 1 N–H and O–H groups in total. The Balaban J connectivity index is 1.91. The third-order valence-corrected chi connectivity index (χ3v) is 4.98. The van der Waals surface area contributed by atoms with Crippen molar-refractivity contribution < 1.29 is 19.2 Å². The maximum Gasteiger partial charge on any atom is 0.306 e. The Morgan fingerprint density at radius 2 is 1.95 bits per heavy atom. The predicted molar refractivity (Wildman–Crippen MR) is 78.1 cm³/mol. The quantitative estimate of drug-likeness (QED) is 0.881. The molecular weight excluding hydrogens is 288 g/mol. The van der Waals surface area contributed by atoms with Crippen LogP contribution in [0.3, 0.4) is 0 Å². The van der Waals surface area contributed by atoms with Crippen LogP contribution >= 0.6 is 0 Å². The van der Waals surface area contributed by atoms with Crippen LogP contribution in [0.2, 0.25) is 0 Å². The Kier molecular flexibility index (Phi) is 3.86. The summed E-state index contributed by atoms with van der Waals surface area (Å²) in [4.78, 5) is 12.2. The van der Waals surface area contributed by atoms with Crippen molar-refractivity contribution in [2.24, 2.45) is 0 Å². The monoisotopic (exact) mass is 302 g/mol. The molecule has 21 heavy (non-hydrogen) atoms. The fourth-order valence-corrected chi connectivity index (χ4v) is 3.83.